The molecule has 3 aromatic carbocycles. The van der Waals surface area contributed by atoms with Crippen LogP contribution in [0.25, 0.3) is 10.9 Å². The third-order valence-electron chi connectivity index (χ3n) is 4.57. The average molecular weight is 386 g/mol. The Balaban J connectivity index is 1.61. The quantitative estimate of drug-likeness (QED) is 0.458. The van der Waals surface area contributed by atoms with E-state index in [0.717, 1.165) is 33.5 Å². The monoisotopic (exact) mass is 386 g/mol. The Labute approximate surface area is 169 Å². The third kappa shape index (κ3) is 4.38. The molecule has 1 aromatic heterocycles. The molecule has 0 unspecified atom stereocenters. The highest BCUT2D eigenvalue weighted by molar-refractivity contribution is 5.91. The zero-order valence-corrected chi connectivity index (χ0v) is 16.1. The molecule has 0 amide bonds. The molecule has 6 nitrogen and oxygen atoms in total. The number of fused-ring (bicyclic) bond motifs is 1. The summed E-state index contributed by atoms with van der Waals surface area (Å²) < 4.78 is 11.5. The van der Waals surface area contributed by atoms with E-state index < -0.39 is 0 Å². The number of methoxy groups -OCH3 is 1. The van der Waals surface area contributed by atoms with Crippen LogP contribution in [0.5, 0.6) is 11.5 Å². The fourth-order valence-electron chi connectivity index (χ4n) is 3.10. The molecule has 1 heterocycles. The number of nitrogen functional groups attached to an aromatic ring is 1. The summed E-state index contributed by atoms with van der Waals surface area (Å²) in [5, 5.41) is 4.23. The first kappa shape index (κ1) is 18.6. The van der Waals surface area contributed by atoms with E-state index in [1.54, 1.807) is 7.11 Å². The molecule has 29 heavy (non-hydrogen) atoms. The summed E-state index contributed by atoms with van der Waals surface area (Å²) in [6, 6.07) is 21.5. The van der Waals surface area contributed by atoms with Crippen molar-refractivity contribution < 1.29 is 9.47 Å². The van der Waals surface area contributed by atoms with E-state index in [1.165, 1.54) is 6.33 Å². The van der Waals surface area contributed by atoms with E-state index in [4.69, 9.17) is 15.2 Å². The van der Waals surface area contributed by atoms with Gasteiger partial charge in [-0.05, 0) is 29.3 Å². The molecular formula is C23H22N4O2. The molecule has 3 N–H and O–H groups in total. The molecule has 0 fully saturated rings. The fourth-order valence-corrected chi connectivity index (χ4v) is 3.10. The molecule has 4 aromatic rings. The van der Waals surface area contributed by atoms with Gasteiger partial charge in [0.1, 0.15) is 18.8 Å². The lowest BCUT2D eigenvalue weighted by Crippen LogP contribution is -2.04. The maximum absolute atomic E-state index is 6.03. The maximum atomic E-state index is 6.03. The minimum Gasteiger partial charge on any atom is -0.493 e. The zero-order valence-electron chi connectivity index (χ0n) is 16.1. The van der Waals surface area contributed by atoms with Gasteiger partial charge in [-0.2, -0.15) is 0 Å². The van der Waals surface area contributed by atoms with E-state index in [-0.39, 0.29) is 0 Å². The van der Waals surface area contributed by atoms with Gasteiger partial charge >= 0.3 is 0 Å². The summed E-state index contributed by atoms with van der Waals surface area (Å²) >= 11 is 0. The molecule has 146 valence electrons. The van der Waals surface area contributed by atoms with Crippen molar-refractivity contribution in [1.29, 1.82) is 0 Å². The Morgan fingerprint density at radius 2 is 1.72 bits per heavy atom. The van der Waals surface area contributed by atoms with E-state index >= 15 is 0 Å². The van der Waals surface area contributed by atoms with Crippen LogP contribution in [0.1, 0.15) is 11.1 Å². The van der Waals surface area contributed by atoms with Gasteiger partial charge in [-0.25, -0.2) is 9.97 Å². The number of ether oxygens (including phenoxy) is 2. The van der Waals surface area contributed by atoms with Gasteiger partial charge in [0.15, 0.2) is 11.5 Å². The second-order valence-corrected chi connectivity index (χ2v) is 6.62. The predicted molar refractivity (Wildman–Crippen MR) is 115 cm³/mol. The second kappa shape index (κ2) is 8.48. The number of benzene rings is 3. The summed E-state index contributed by atoms with van der Waals surface area (Å²) in [6.07, 6.45) is 1.54. The number of anilines is 2. The summed E-state index contributed by atoms with van der Waals surface area (Å²) in [7, 11) is 1.62. The van der Waals surface area contributed by atoms with Crippen LogP contribution in [-0.4, -0.2) is 17.1 Å². The van der Waals surface area contributed by atoms with Gasteiger partial charge in [-0.15, -0.1) is 0 Å². The molecule has 0 saturated heterocycles. The van der Waals surface area contributed by atoms with Crippen molar-refractivity contribution in [2.24, 2.45) is 0 Å². The van der Waals surface area contributed by atoms with Crippen molar-refractivity contribution in [1.82, 2.24) is 9.97 Å². The molecule has 0 aliphatic carbocycles. The minimum atomic E-state index is 0.447. The van der Waals surface area contributed by atoms with E-state index in [1.807, 2.05) is 66.7 Å². The van der Waals surface area contributed by atoms with Crippen molar-refractivity contribution >= 4 is 22.4 Å². The number of hydrogen-bond acceptors (Lipinski definition) is 6. The lowest BCUT2D eigenvalue weighted by molar-refractivity contribution is 0.285. The highest BCUT2D eigenvalue weighted by atomic mass is 16.5. The number of nitrogens with one attached hydrogen (secondary N) is 1. The standard InChI is InChI=1S/C23H22N4O2/c1-28-21-12-20-19(11-22(21)29-14-16-6-3-2-4-7-16)23(27-15-26-20)25-13-17-8-5-9-18(24)10-17/h2-12,15H,13-14,24H2,1H3,(H,25,26,27). The molecule has 0 atom stereocenters. The van der Waals surface area contributed by atoms with Gasteiger partial charge in [0.05, 0.1) is 12.6 Å². The number of nitrogens with zero attached hydrogens (tertiary/aromatic N) is 2. The molecule has 0 radical (unpaired) electrons. The first-order chi connectivity index (χ1) is 14.2. The van der Waals surface area contributed by atoms with Gasteiger partial charge in [-0.1, -0.05) is 42.5 Å². The number of hydrogen-bond donors (Lipinski definition) is 2. The Bertz CT molecular complexity index is 1120. The summed E-state index contributed by atoms with van der Waals surface area (Å²) in [5.74, 6) is 2.00. The first-order valence-corrected chi connectivity index (χ1v) is 9.30. The van der Waals surface area contributed by atoms with Gasteiger partial charge in [0.2, 0.25) is 0 Å². The third-order valence-corrected chi connectivity index (χ3v) is 4.57. The second-order valence-electron chi connectivity index (χ2n) is 6.62. The fraction of sp³-hybridized carbons (Fsp3) is 0.130. The molecule has 0 spiro atoms. The molecule has 0 saturated carbocycles. The van der Waals surface area contributed by atoms with Crippen molar-refractivity contribution in [3.05, 3.63) is 84.2 Å². The molecular weight excluding hydrogens is 364 g/mol. The highest BCUT2D eigenvalue weighted by Crippen LogP contribution is 2.34. The Morgan fingerprint density at radius 1 is 0.897 bits per heavy atom. The minimum absolute atomic E-state index is 0.447. The smallest absolute Gasteiger partial charge is 0.162 e. The average Bonchev–Trinajstić information content (AvgIpc) is 2.76. The van der Waals surface area contributed by atoms with E-state index in [9.17, 15) is 0 Å². The number of aromatic nitrogens is 2. The van der Waals surface area contributed by atoms with Crippen LogP contribution in [0.3, 0.4) is 0 Å². The van der Waals surface area contributed by atoms with Gasteiger partial charge in [0, 0.05) is 23.7 Å². The van der Waals surface area contributed by atoms with Crippen molar-refractivity contribution in [3.8, 4) is 11.5 Å². The van der Waals surface area contributed by atoms with E-state index in [0.29, 0.717) is 24.7 Å². The summed E-state index contributed by atoms with van der Waals surface area (Å²) in [4.78, 5) is 8.78. The lowest BCUT2D eigenvalue weighted by atomic mass is 10.2. The Hall–Kier alpha value is -3.80. The molecule has 0 aliphatic rings. The molecule has 0 aliphatic heterocycles. The van der Waals surface area contributed by atoms with Crippen LogP contribution < -0.4 is 20.5 Å². The van der Waals surface area contributed by atoms with Crippen LogP contribution in [0.2, 0.25) is 0 Å². The van der Waals surface area contributed by atoms with E-state index in [2.05, 4.69) is 15.3 Å². The summed E-state index contributed by atoms with van der Waals surface area (Å²) in [5.41, 5.74) is 9.54. The molecule has 6 heteroatoms. The SMILES string of the molecule is COc1cc2ncnc(NCc3cccc(N)c3)c2cc1OCc1ccccc1. The Kier molecular flexibility index (Phi) is 5.42. The normalized spacial score (nSPS) is 10.7. The van der Waals surface area contributed by atoms with Gasteiger partial charge in [-0.3, -0.25) is 0 Å². The molecule has 4 rings (SSSR count). The predicted octanol–water partition coefficient (Wildman–Crippen LogP) is 4.41. The van der Waals surface area contributed by atoms with Crippen LogP contribution in [-0.2, 0) is 13.2 Å². The summed E-state index contributed by atoms with van der Waals surface area (Å²) in [6.45, 7) is 1.05. The van der Waals surface area contributed by atoms with Crippen molar-refractivity contribution in [2.45, 2.75) is 13.2 Å². The van der Waals surface area contributed by atoms with Crippen molar-refractivity contribution in [2.75, 3.05) is 18.2 Å². The van der Waals surface area contributed by atoms with Crippen LogP contribution >= 0.6 is 0 Å². The van der Waals surface area contributed by atoms with Crippen molar-refractivity contribution in [3.63, 3.8) is 0 Å². The zero-order chi connectivity index (χ0) is 20.1. The van der Waals surface area contributed by atoms with Gasteiger partial charge < -0.3 is 20.5 Å². The largest absolute Gasteiger partial charge is 0.493 e. The van der Waals surface area contributed by atoms with Crippen LogP contribution in [0, 0.1) is 0 Å². The Morgan fingerprint density at radius 3 is 2.52 bits per heavy atom. The maximum Gasteiger partial charge on any atom is 0.162 e. The highest BCUT2D eigenvalue weighted by Gasteiger charge is 2.12. The first-order valence-electron chi connectivity index (χ1n) is 9.30. The van der Waals surface area contributed by atoms with Crippen LogP contribution in [0.15, 0.2) is 73.1 Å². The number of rotatable bonds is 7. The number of nitrogens with two attached hydrogens (primary N) is 1. The van der Waals surface area contributed by atoms with Crippen LogP contribution in [0.4, 0.5) is 11.5 Å². The topological polar surface area (TPSA) is 82.3 Å². The van der Waals surface area contributed by atoms with Gasteiger partial charge in [0.25, 0.3) is 0 Å². The molecule has 0 bridgehead atoms. The lowest BCUT2D eigenvalue weighted by Gasteiger charge is -2.14.